The molecule has 0 bridgehead atoms. The van der Waals surface area contributed by atoms with Crippen molar-refractivity contribution in [3.05, 3.63) is 57.3 Å². The zero-order valence-electron chi connectivity index (χ0n) is 10.6. The van der Waals surface area contributed by atoms with Crippen LogP contribution < -0.4 is 4.74 Å². The molecule has 5 nitrogen and oxygen atoms in total. The van der Waals surface area contributed by atoms with Gasteiger partial charge in [0.15, 0.2) is 0 Å². The SMILES string of the molecule is O=C(O)c1ccc(Cl)cc1OC(=O)c1cc(F)cc(Cl)c1O. The molecule has 8 heteroatoms. The number of aromatic carboxylic acids is 1. The van der Waals surface area contributed by atoms with Gasteiger partial charge in [0.1, 0.15) is 28.4 Å². The molecule has 2 N–H and O–H groups in total. The number of carbonyl (C=O) groups is 2. The Morgan fingerprint density at radius 3 is 2.41 bits per heavy atom. The van der Waals surface area contributed by atoms with E-state index in [-0.39, 0.29) is 21.4 Å². The van der Waals surface area contributed by atoms with Crippen LogP contribution in [0.3, 0.4) is 0 Å². The molecule has 0 amide bonds. The summed E-state index contributed by atoms with van der Waals surface area (Å²) >= 11 is 11.3. The van der Waals surface area contributed by atoms with Gasteiger partial charge in [0.05, 0.1) is 5.02 Å². The van der Waals surface area contributed by atoms with E-state index in [0.717, 1.165) is 18.2 Å². The molecule has 2 aromatic rings. The molecule has 0 saturated carbocycles. The van der Waals surface area contributed by atoms with Gasteiger partial charge in [-0.2, -0.15) is 0 Å². The number of phenolic OH excluding ortho intramolecular Hbond substituents is 1. The molecule has 0 fully saturated rings. The molecule has 0 spiro atoms. The Kier molecular flexibility index (Phi) is 4.54. The Bertz CT molecular complexity index is 776. The second kappa shape index (κ2) is 6.21. The normalized spacial score (nSPS) is 10.3. The van der Waals surface area contributed by atoms with Crippen molar-refractivity contribution in [2.24, 2.45) is 0 Å². The number of phenols is 1. The van der Waals surface area contributed by atoms with Crippen LogP contribution in [0.4, 0.5) is 4.39 Å². The second-order valence-electron chi connectivity index (χ2n) is 4.12. The van der Waals surface area contributed by atoms with Crippen molar-refractivity contribution in [3.63, 3.8) is 0 Å². The van der Waals surface area contributed by atoms with Gasteiger partial charge in [0.25, 0.3) is 0 Å². The highest BCUT2D eigenvalue weighted by Gasteiger charge is 2.21. The third-order valence-electron chi connectivity index (χ3n) is 2.62. The Morgan fingerprint density at radius 2 is 1.77 bits per heavy atom. The number of halogens is 3. The van der Waals surface area contributed by atoms with Crippen molar-refractivity contribution in [1.29, 1.82) is 0 Å². The average Bonchev–Trinajstić information content (AvgIpc) is 2.42. The molecule has 0 aromatic heterocycles. The summed E-state index contributed by atoms with van der Waals surface area (Å²) in [6.07, 6.45) is 0. The van der Waals surface area contributed by atoms with Crippen LogP contribution in [-0.2, 0) is 0 Å². The molecule has 0 radical (unpaired) electrons. The van der Waals surface area contributed by atoms with E-state index in [2.05, 4.69) is 0 Å². The molecule has 0 unspecified atom stereocenters. The first-order chi connectivity index (χ1) is 10.3. The standard InChI is InChI=1S/C14H7Cl2FO5/c15-6-1-2-8(13(19)20)11(3-6)22-14(21)9-4-7(17)5-10(16)12(9)18/h1-5,18H,(H,19,20). The van der Waals surface area contributed by atoms with Gasteiger partial charge >= 0.3 is 11.9 Å². The average molecular weight is 345 g/mol. The third kappa shape index (κ3) is 3.29. The Balaban J connectivity index is 2.42. The van der Waals surface area contributed by atoms with Crippen LogP contribution in [0.2, 0.25) is 10.0 Å². The molecule has 0 atom stereocenters. The largest absolute Gasteiger partial charge is 0.505 e. The van der Waals surface area contributed by atoms with Gasteiger partial charge in [-0.1, -0.05) is 23.2 Å². The highest BCUT2D eigenvalue weighted by molar-refractivity contribution is 6.32. The van der Waals surface area contributed by atoms with E-state index in [9.17, 15) is 19.1 Å². The van der Waals surface area contributed by atoms with Gasteiger partial charge in [-0.25, -0.2) is 14.0 Å². The molecule has 0 aliphatic rings. The van der Waals surface area contributed by atoms with Gasteiger partial charge < -0.3 is 14.9 Å². The monoisotopic (exact) mass is 344 g/mol. The topological polar surface area (TPSA) is 83.8 Å². The number of aromatic hydroxyl groups is 1. The zero-order chi connectivity index (χ0) is 16.4. The quantitative estimate of drug-likeness (QED) is 0.654. The minimum Gasteiger partial charge on any atom is -0.505 e. The minimum absolute atomic E-state index is 0.134. The summed E-state index contributed by atoms with van der Waals surface area (Å²) in [6.45, 7) is 0. The number of hydrogen-bond donors (Lipinski definition) is 2. The summed E-state index contributed by atoms with van der Waals surface area (Å²) in [5, 5.41) is 18.4. The fourth-order valence-corrected chi connectivity index (χ4v) is 2.00. The molecule has 22 heavy (non-hydrogen) atoms. The van der Waals surface area contributed by atoms with Crippen LogP contribution in [0, 0.1) is 5.82 Å². The molecule has 2 aromatic carbocycles. The number of esters is 1. The lowest BCUT2D eigenvalue weighted by atomic mass is 10.2. The lowest BCUT2D eigenvalue weighted by Gasteiger charge is -2.09. The van der Waals surface area contributed by atoms with Gasteiger partial charge in [0.2, 0.25) is 0 Å². The third-order valence-corrected chi connectivity index (χ3v) is 3.15. The van der Waals surface area contributed by atoms with Crippen LogP contribution in [0.25, 0.3) is 0 Å². The fourth-order valence-electron chi connectivity index (χ4n) is 1.63. The smallest absolute Gasteiger partial charge is 0.347 e. The van der Waals surface area contributed by atoms with E-state index >= 15 is 0 Å². The number of carboxylic acid groups (broad SMARTS) is 1. The summed E-state index contributed by atoms with van der Waals surface area (Å²) in [5.74, 6) is -4.40. The van der Waals surface area contributed by atoms with Gasteiger partial charge in [-0.3, -0.25) is 0 Å². The summed E-state index contributed by atoms with van der Waals surface area (Å²) < 4.78 is 18.1. The van der Waals surface area contributed by atoms with E-state index < -0.39 is 29.1 Å². The van der Waals surface area contributed by atoms with Crippen LogP contribution >= 0.6 is 23.2 Å². The lowest BCUT2D eigenvalue weighted by Crippen LogP contribution is -2.12. The van der Waals surface area contributed by atoms with E-state index in [0.29, 0.717) is 6.07 Å². The Morgan fingerprint density at radius 1 is 1.09 bits per heavy atom. The van der Waals surface area contributed by atoms with Gasteiger partial charge in [-0.05, 0) is 24.3 Å². The van der Waals surface area contributed by atoms with E-state index in [4.69, 9.17) is 33.0 Å². The Hall–Kier alpha value is -2.31. The number of carboxylic acids is 1. The second-order valence-corrected chi connectivity index (χ2v) is 4.96. The number of hydrogen-bond acceptors (Lipinski definition) is 4. The maximum atomic E-state index is 13.3. The maximum Gasteiger partial charge on any atom is 0.347 e. The summed E-state index contributed by atoms with van der Waals surface area (Å²) in [6, 6.07) is 5.09. The molecular weight excluding hydrogens is 338 g/mol. The predicted molar refractivity (Wildman–Crippen MR) is 76.4 cm³/mol. The maximum absolute atomic E-state index is 13.3. The van der Waals surface area contributed by atoms with Crippen LogP contribution in [0.1, 0.15) is 20.7 Å². The molecule has 2 rings (SSSR count). The molecular formula is C14H7Cl2FO5. The van der Waals surface area contributed by atoms with E-state index in [1.807, 2.05) is 0 Å². The number of benzene rings is 2. The highest BCUT2D eigenvalue weighted by atomic mass is 35.5. The number of ether oxygens (including phenoxy) is 1. The van der Waals surface area contributed by atoms with Crippen molar-refractivity contribution in [2.75, 3.05) is 0 Å². The van der Waals surface area contributed by atoms with Crippen molar-refractivity contribution in [3.8, 4) is 11.5 Å². The molecule has 0 aliphatic heterocycles. The first-order valence-electron chi connectivity index (χ1n) is 5.72. The minimum atomic E-state index is -1.35. The van der Waals surface area contributed by atoms with Crippen LogP contribution in [0.15, 0.2) is 30.3 Å². The predicted octanol–water partition coefficient (Wildman–Crippen LogP) is 3.76. The lowest BCUT2D eigenvalue weighted by molar-refractivity contribution is 0.0681. The van der Waals surface area contributed by atoms with Crippen molar-refractivity contribution in [1.82, 2.24) is 0 Å². The fraction of sp³-hybridized carbons (Fsp3) is 0. The number of rotatable bonds is 3. The van der Waals surface area contributed by atoms with E-state index in [1.54, 1.807) is 0 Å². The molecule has 0 saturated heterocycles. The molecule has 114 valence electrons. The first kappa shape index (κ1) is 16.1. The van der Waals surface area contributed by atoms with Crippen molar-refractivity contribution < 1.29 is 28.9 Å². The van der Waals surface area contributed by atoms with Gasteiger partial charge in [-0.15, -0.1) is 0 Å². The Labute approximate surface area is 133 Å². The summed E-state index contributed by atoms with van der Waals surface area (Å²) in [7, 11) is 0. The molecule has 0 heterocycles. The highest BCUT2D eigenvalue weighted by Crippen LogP contribution is 2.31. The number of carbonyl (C=O) groups excluding carboxylic acids is 1. The van der Waals surface area contributed by atoms with E-state index in [1.165, 1.54) is 6.07 Å². The first-order valence-corrected chi connectivity index (χ1v) is 6.48. The van der Waals surface area contributed by atoms with Gasteiger partial charge in [0, 0.05) is 11.1 Å². The summed E-state index contributed by atoms with van der Waals surface area (Å²) in [4.78, 5) is 23.0. The zero-order valence-corrected chi connectivity index (χ0v) is 12.2. The van der Waals surface area contributed by atoms with Crippen LogP contribution in [-0.4, -0.2) is 22.2 Å². The summed E-state index contributed by atoms with van der Waals surface area (Å²) in [5.41, 5.74) is -0.860. The van der Waals surface area contributed by atoms with Crippen molar-refractivity contribution in [2.45, 2.75) is 0 Å². The van der Waals surface area contributed by atoms with Crippen molar-refractivity contribution >= 4 is 35.1 Å². The van der Waals surface area contributed by atoms with Crippen LogP contribution in [0.5, 0.6) is 11.5 Å². The molecule has 0 aliphatic carbocycles.